The van der Waals surface area contributed by atoms with Gasteiger partial charge in [-0.25, -0.2) is 15.0 Å². The molecule has 6 nitrogen and oxygen atoms in total. The van der Waals surface area contributed by atoms with Gasteiger partial charge in [-0.15, -0.1) is 0 Å². The van der Waals surface area contributed by atoms with Gasteiger partial charge in [0.05, 0.1) is 12.3 Å². The van der Waals surface area contributed by atoms with Crippen molar-refractivity contribution >= 4 is 34.4 Å². The fraction of sp³-hybridized carbons (Fsp3) is 0.250. The summed E-state index contributed by atoms with van der Waals surface area (Å²) in [5.74, 6) is -0.241. The van der Waals surface area contributed by atoms with Gasteiger partial charge < -0.3 is 10.5 Å². The maximum absolute atomic E-state index is 12.6. The minimum absolute atomic E-state index is 0.120. The number of nitrogen functional groups attached to an aromatic ring is 1. The molecule has 0 radical (unpaired) electrons. The average Bonchev–Trinajstić information content (AvgIpc) is 2.56. The van der Waals surface area contributed by atoms with Crippen LogP contribution in [0.3, 0.4) is 0 Å². The van der Waals surface area contributed by atoms with E-state index in [0.29, 0.717) is 29.6 Å². The number of carbonyl (C=O) groups excluding carboxylic acids is 1. The molecule has 1 aliphatic carbocycles. The van der Waals surface area contributed by atoms with Crippen LogP contribution in [0.2, 0.25) is 5.15 Å². The molecular formula is C16H15ClN4O2. The number of pyridine rings is 1. The summed E-state index contributed by atoms with van der Waals surface area (Å²) < 4.78 is 5.25. The maximum atomic E-state index is 12.6. The molecule has 0 amide bonds. The number of fused-ring (bicyclic) bond motifs is 1. The molecule has 118 valence electrons. The van der Waals surface area contributed by atoms with E-state index in [4.69, 9.17) is 22.1 Å². The Morgan fingerprint density at radius 2 is 2.26 bits per heavy atom. The normalized spacial score (nSPS) is 19.9. The number of carbonyl (C=O) groups is 1. The van der Waals surface area contributed by atoms with Crippen molar-refractivity contribution in [3.05, 3.63) is 47.4 Å². The Morgan fingerprint density at radius 1 is 1.43 bits per heavy atom. The van der Waals surface area contributed by atoms with Crippen molar-refractivity contribution in [2.45, 2.75) is 18.8 Å². The third-order valence-corrected chi connectivity index (χ3v) is 3.97. The Kier molecular flexibility index (Phi) is 4.00. The number of nitrogens with two attached hydrogens (primary N) is 1. The van der Waals surface area contributed by atoms with Gasteiger partial charge in [0, 0.05) is 11.6 Å². The van der Waals surface area contributed by atoms with E-state index < -0.39 is 5.41 Å². The summed E-state index contributed by atoms with van der Waals surface area (Å²) in [6.45, 7) is 2.06. The van der Waals surface area contributed by atoms with Crippen molar-refractivity contribution in [2.75, 3.05) is 12.3 Å². The number of hydrogen-bond donors (Lipinski definition) is 1. The summed E-state index contributed by atoms with van der Waals surface area (Å²) >= 11 is 6.25. The van der Waals surface area contributed by atoms with Crippen molar-refractivity contribution in [3.63, 3.8) is 0 Å². The Balaban J connectivity index is 2.19. The highest BCUT2D eigenvalue weighted by Crippen LogP contribution is 2.35. The van der Waals surface area contributed by atoms with E-state index in [0.717, 1.165) is 0 Å². The van der Waals surface area contributed by atoms with Gasteiger partial charge in [-0.3, -0.25) is 4.79 Å². The zero-order valence-corrected chi connectivity index (χ0v) is 13.2. The summed E-state index contributed by atoms with van der Waals surface area (Å²) in [5, 5.41) is 0.846. The second-order valence-electron chi connectivity index (χ2n) is 5.15. The van der Waals surface area contributed by atoms with Crippen molar-refractivity contribution in [3.8, 4) is 0 Å². The first kappa shape index (κ1) is 15.4. The first-order chi connectivity index (χ1) is 11.1. The first-order valence-corrected chi connectivity index (χ1v) is 7.55. The Labute approximate surface area is 138 Å². The fourth-order valence-electron chi connectivity index (χ4n) is 2.57. The summed E-state index contributed by atoms with van der Waals surface area (Å²) in [7, 11) is 0. The molecule has 2 aromatic rings. The maximum Gasteiger partial charge on any atom is 0.322 e. The molecule has 3 rings (SSSR count). The molecule has 0 saturated heterocycles. The molecule has 7 heteroatoms. The standard InChI is InChI=1S/C16H15ClN4O2/c1-2-23-14(22)16(6-4-3-5-7-16)11-8-10-9-19-15(18)21-12(10)13(17)20-11/h3-6,8-9H,2,7H2,1H3,(H2,18,19,21)/t16-/m0/s1. The summed E-state index contributed by atoms with van der Waals surface area (Å²) in [6, 6.07) is 1.75. The van der Waals surface area contributed by atoms with Gasteiger partial charge in [0.2, 0.25) is 5.95 Å². The number of esters is 1. The van der Waals surface area contributed by atoms with E-state index in [1.54, 1.807) is 31.3 Å². The van der Waals surface area contributed by atoms with Crippen molar-refractivity contribution in [1.29, 1.82) is 0 Å². The van der Waals surface area contributed by atoms with Crippen molar-refractivity contribution in [1.82, 2.24) is 15.0 Å². The van der Waals surface area contributed by atoms with E-state index in [9.17, 15) is 4.79 Å². The molecule has 0 unspecified atom stereocenters. The zero-order valence-electron chi connectivity index (χ0n) is 12.5. The third-order valence-electron chi connectivity index (χ3n) is 3.71. The second kappa shape index (κ2) is 5.96. The number of aromatic nitrogens is 3. The quantitative estimate of drug-likeness (QED) is 0.687. The Morgan fingerprint density at radius 3 is 2.96 bits per heavy atom. The molecule has 2 heterocycles. The van der Waals surface area contributed by atoms with Crippen LogP contribution in [0, 0.1) is 0 Å². The third kappa shape index (κ3) is 2.66. The molecule has 0 fully saturated rings. The molecule has 0 bridgehead atoms. The van der Waals surface area contributed by atoms with Gasteiger partial charge in [-0.05, 0) is 19.4 Å². The molecule has 0 aliphatic heterocycles. The molecular weight excluding hydrogens is 316 g/mol. The van der Waals surface area contributed by atoms with E-state index >= 15 is 0 Å². The molecule has 0 saturated carbocycles. The van der Waals surface area contributed by atoms with Crippen LogP contribution < -0.4 is 5.73 Å². The Bertz CT molecular complexity index is 834. The zero-order chi connectivity index (χ0) is 16.4. The lowest BCUT2D eigenvalue weighted by molar-refractivity contribution is -0.148. The van der Waals surface area contributed by atoms with Crippen LogP contribution >= 0.6 is 11.6 Å². The number of anilines is 1. The minimum atomic E-state index is -0.996. The highest BCUT2D eigenvalue weighted by Gasteiger charge is 2.41. The minimum Gasteiger partial charge on any atom is -0.465 e. The highest BCUT2D eigenvalue weighted by molar-refractivity contribution is 6.33. The highest BCUT2D eigenvalue weighted by atomic mass is 35.5. The smallest absolute Gasteiger partial charge is 0.322 e. The molecule has 0 aromatic carbocycles. The molecule has 2 aromatic heterocycles. The Hall–Kier alpha value is -2.47. The van der Waals surface area contributed by atoms with Gasteiger partial charge in [0.25, 0.3) is 0 Å². The van der Waals surface area contributed by atoms with E-state index in [1.165, 1.54) is 0 Å². The van der Waals surface area contributed by atoms with E-state index in [2.05, 4.69) is 15.0 Å². The monoisotopic (exact) mass is 330 g/mol. The van der Waals surface area contributed by atoms with Crippen molar-refractivity contribution < 1.29 is 9.53 Å². The average molecular weight is 331 g/mol. The molecule has 23 heavy (non-hydrogen) atoms. The summed E-state index contributed by atoms with van der Waals surface area (Å²) in [4.78, 5) is 25.0. The van der Waals surface area contributed by atoms with Crippen LogP contribution in [-0.2, 0) is 14.9 Å². The second-order valence-corrected chi connectivity index (χ2v) is 5.51. The van der Waals surface area contributed by atoms with Gasteiger partial charge in [0.1, 0.15) is 10.9 Å². The van der Waals surface area contributed by atoms with Gasteiger partial charge in [-0.2, -0.15) is 0 Å². The van der Waals surface area contributed by atoms with E-state index in [1.807, 2.05) is 12.2 Å². The number of rotatable bonds is 3. The lowest BCUT2D eigenvalue weighted by atomic mass is 9.78. The van der Waals surface area contributed by atoms with Crippen LogP contribution in [0.5, 0.6) is 0 Å². The van der Waals surface area contributed by atoms with Crippen LogP contribution in [0.1, 0.15) is 19.0 Å². The largest absolute Gasteiger partial charge is 0.465 e. The first-order valence-electron chi connectivity index (χ1n) is 7.17. The predicted octanol–water partition coefficient (Wildman–Crippen LogP) is 2.58. The van der Waals surface area contributed by atoms with Gasteiger partial charge >= 0.3 is 5.97 Å². The lowest BCUT2D eigenvalue weighted by Gasteiger charge is -2.28. The SMILES string of the molecule is CCOC(=O)[C@@]1(c2cc3cnc(N)nc3c(Cl)n2)C=CC=CC1. The number of ether oxygens (including phenoxy) is 1. The summed E-state index contributed by atoms with van der Waals surface area (Å²) in [5.41, 5.74) is 5.55. The molecule has 1 aliphatic rings. The summed E-state index contributed by atoms with van der Waals surface area (Å²) in [6.07, 6.45) is 9.39. The number of nitrogens with zero attached hydrogens (tertiary/aromatic N) is 3. The number of halogens is 1. The number of allylic oxidation sites excluding steroid dienone is 3. The topological polar surface area (TPSA) is 91.0 Å². The van der Waals surface area contributed by atoms with Crippen LogP contribution in [0.15, 0.2) is 36.6 Å². The molecule has 1 atom stereocenters. The van der Waals surface area contributed by atoms with E-state index in [-0.39, 0.29) is 17.1 Å². The predicted molar refractivity (Wildman–Crippen MR) is 88.0 cm³/mol. The molecule has 2 N–H and O–H groups in total. The van der Waals surface area contributed by atoms with Crippen LogP contribution in [0.25, 0.3) is 10.9 Å². The fourth-order valence-corrected chi connectivity index (χ4v) is 2.81. The van der Waals surface area contributed by atoms with Gasteiger partial charge in [0.15, 0.2) is 5.15 Å². The van der Waals surface area contributed by atoms with Gasteiger partial charge in [-0.1, -0.05) is 35.9 Å². The number of hydrogen-bond acceptors (Lipinski definition) is 6. The molecule has 0 spiro atoms. The van der Waals surface area contributed by atoms with Crippen molar-refractivity contribution in [2.24, 2.45) is 0 Å². The van der Waals surface area contributed by atoms with Crippen LogP contribution in [-0.4, -0.2) is 27.5 Å². The van der Waals surface area contributed by atoms with Crippen LogP contribution in [0.4, 0.5) is 5.95 Å². The lowest BCUT2D eigenvalue weighted by Crippen LogP contribution is -2.37.